The Bertz CT molecular complexity index is 503. The van der Waals surface area contributed by atoms with Crippen LogP contribution in [0.3, 0.4) is 0 Å². The minimum atomic E-state index is -0.763. The molecule has 0 bridgehead atoms. The van der Waals surface area contributed by atoms with Crippen LogP contribution < -0.4 is 0 Å². The standard InChI is InChI=1S/C15H16OS/c16-15(14-9-5-11-17-14)10-4-3-7-12-6-1-2-8-13(12)15/h1-2,5-6,8-9,11,16H,3-4,7,10H2. The maximum Gasteiger partial charge on any atom is 0.124 e. The highest BCUT2D eigenvalue weighted by atomic mass is 32.1. The van der Waals surface area contributed by atoms with Crippen LogP contribution >= 0.6 is 11.3 Å². The van der Waals surface area contributed by atoms with Gasteiger partial charge in [-0.2, -0.15) is 0 Å². The molecule has 2 aromatic rings. The molecular formula is C15H16OS. The Morgan fingerprint density at radius 2 is 1.94 bits per heavy atom. The first-order valence-electron chi connectivity index (χ1n) is 6.15. The number of fused-ring (bicyclic) bond motifs is 1. The fourth-order valence-corrected chi connectivity index (χ4v) is 3.61. The van der Waals surface area contributed by atoms with Gasteiger partial charge in [-0.25, -0.2) is 0 Å². The number of benzene rings is 1. The topological polar surface area (TPSA) is 20.2 Å². The third kappa shape index (κ3) is 1.81. The van der Waals surface area contributed by atoms with E-state index in [1.807, 2.05) is 23.6 Å². The summed E-state index contributed by atoms with van der Waals surface area (Å²) >= 11 is 1.65. The Morgan fingerprint density at radius 1 is 1.06 bits per heavy atom. The number of hydrogen-bond acceptors (Lipinski definition) is 2. The number of aliphatic hydroxyl groups is 1. The van der Waals surface area contributed by atoms with Crippen LogP contribution in [0, 0.1) is 0 Å². The zero-order valence-electron chi connectivity index (χ0n) is 9.73. The van der Waals surface area contributed by atoms with E-state index in [9.17, 15) is 5.11 Å². The highest BCUT2D eigenvalue weighted by Gasteiger charge is 2.35. The average molecular weight is 244 g/mol. The summed E-state index contributed by atoms with van der Waals surface area (Å²) in [5.74, 6) is 0. The van der Waals surface area contributed by atoms with Gasteiger partial charge in [-0.3, -0.25) is 0 Å². The van der Waals surface area contributed by atoms with Crippen molar-refractivity contribution in [2.75, 3.05) is 0 Å². The second kappa shape index (κ2) is 4.28. The highest BCUT2D eigenvalue weighted by Crippen LogP contribution is 2.41. The fourth-order valence-electron chi connectivity index (χ4n) is 2.74. The summed E-state index contributed by atoms with van der Waals surface area (Å²) < 4.78 is 0. The first-order chi connectivity index (χ1) is 8.31. The molecule has 2 heteroatoms. The number of rotatable bonds is 1. The summed E-state index contributed by atoms with van der Waals surface area (Å²) in [6.45, 7) is 0. The van der Waals surface area contributed by atoms with Crippen molar-refractivity contribution in [3.8, 4) is 0 Å². The van der Waals surface area contributed by atoms with Crippen molar-refractivity contribution in [2.45, 2.75) is 31.3 Å². The minimum Gasteiger partial charge on any atom is -0.380 e. The normalized spacial score (nSPS) is 24.1. The van der Waals surface area contributed by atoms with Gasteiger partial charge in [0.15, 0.2) is 0 Å². The fraction of sp³-hybridized carbons (Fsp3) is 0.333. The molecule has 0 fully saturated rings. The smallest absolute Gasteiger partial charge is 0.124 e. The molecular weight excluding hydrogens is 228 g/mol. The lowest BCUT2D eigenvalue weighted by Gasteiger charge is -2.27. The van der Waals surface area contributed by atoms with Crippen molar-refractivity contribution >= 4 is 11.3 Å². The second-order valence-corrected chi connectivity index (χ2v) is 5.65. The molecule has 0 aliphatic heterocycles. The van der Waals surface area contributed by atoms with Crippen molar-refractivity contribution in [3.63, 3.8) is 0 Å². The summed E-state index contributed by atoms with van der Waals surface area (Å²) in [6, 6.07) is 12.4. The summed E-state index contributed by atoms with van der Waals surface area (Å²) in [4.78, 5) is 1.08. The summed E-state index contributed by atoms with van der Waals surface area (Å²) in [5.41, 5.74) is 1.65. The summed E-state index contributed by atoms with van der Waals surface area (Å²) in [6.07, 6.45) is 4.18. The Kier molecular flexibility index (Phi) is 2.77. The van der Waals surface area contributed by atoms with Crippen molar-refractivity contribution in [3.05, 3.63) is 57.8 Å². The van der Waals surface area contributed by atoms with E-state index in [-0.39, 0.29) is 0 Å². The monoisotopic (exact) mass is 244 g/mol. The molecule has 0 saturated carbocycles. The maximum atomic E-state index is 11.1. The zero-order valence-corrected chi connectivity index (χ0v) is 10.5. The zero-order chi connectivity index (χ0) is 11.7. The predicted molar refractivity (Wildman–Crippen MR) is 71.3 cm³/mol. The molecule has 1 N–H and O–H groups in total. The molecule has 1 aromatic heterocycles. The molecule has 0 saturated heterocycles. The van der Waals surface area contributed by atoms with E-state index in [4.69, 9.17) is 0 Å². The maximum absolute atomic E-state index is 11.1. The number of thiophene rings is 1. The number of aryl methyl sites for hydroxylation is 1. The predicted octanol–water partition coefficient (Wildman–Crippen LogP) is 3.71. The molecule has 1 atom stereocenters. The van der Waals surface area contributed by atoms with E-state index >= 15 is 0 Å². The van der Waals surface area contributed by atoms with Gasteiger partial charge in [-0.1, -0.05) is 30.3 Å². The van der Waals surface area contributed by atoms with E-state index in [0.29, 0.717) is 0 Å². The molecule has 1 aromatic carbocycles. The van der Waals surface area contributed by atoms with Crippen LogP contribution in [0.4, 0.5) is 0 Å². The van der Waals surface area contributed by atoms with Gasteiger partial charge in [0, 0.05) is 4.88 Å². The van der Waals surface area contributed by atoms with Crippen molar-refractivity contribution in [2.24, 2.45) is 0 Å². The molecule has 17 heavy (non-hydrogen) atoms. The van der Waals surface area contributed by atoms with Gasteiger partial charge in [0.05, 0.1) is 0 Å². The molecule has 88 valence electrons. The lowest BCUT2D eigenvalue weighted by Crippen LogP contribution is -2.26. The van der Waals surface area contributed by atoms with Crippen molar-refractivity contribution in [1.82, 2.24) is 0 Å². The lowest BCUT2D eigenvalue weighted by molar-refractivity contribution is 0.0743. The SMILES string of the molecule is OC1(c2cccs2)CCCCc2ccccc21. The van der Waals surface area contributed by atoms with Gasteiger partial charge in [-0.15, -0.1) is 11.3 Å². The van der Waals surface area contributed by atoms with Gasteiger partial charge in [0.25, 0.3) is 0 Å². The van der Waals surface area contributed by atoms with Crippen molar-refractivity contribution in [1.29, 1.82) is 0 Å². The minimum absolute atomic E-state index is 0.763. The van der Waals surface area contributed by atoms with Crippen LogP contribution in [0.15, 0.2) is 41.8 Å². The summed E-state index contributed by atoms with van der Waals surface area (Å²) in [5, 5.41) is 13.1. The third-order valence-electron chi connectivity index (χ3n) is 3.63. The second-order valence-electron chi connectivity index (χ2n) is 4.70. The molecule has 1 unspecified atom stereocenters. The third-order valence-corrected chi connectivity index (χ3v) is 4.65. The Balaban J connectivity index is 2.17. The molecule has 3 rings (SSSR count). The molecule has 0 amide bonds. The quantitative estimate of drug-likeness (QED) is 0.758. The van der Waals surface area contributed by atoms with Crippen LogP contribution in [-0.2, 0) is 12.0 Å². The molecule has 1 aliphatic carbocycles. The molecule has 1 nitrogen and oxygen atoms in total. The van der Waals surface area contributed by atoms with E-state index in [0.717, 1.165) is 29.7 Å². The lowest BCUT2D eigenvalue weighted by atomic mass is 9.86. The molecule has 0 radical (unpaired) electrons. The summed E-state index contributed by atoms with van der Waals surface area (Å²) in [7, 11) is 0. The Labute approximate surface area is 106 Å². The van der Waals surface area contributed by atoms with Crippen molar-refractivity contribution < 1.29 is 5.11 Å². The highest BCUT2D eigenvalue weighted by molar-refractivity contribution is 7.10. The van der Waals surface area contributed by atoms with E-state index in [1.165, 1.54) is 12.0 Å². The van der Waals surface area contributed by atoms with Crippen LogP contribution in [-0.4, -0.2) is 5.11 Å². The van der Waals surface area contributed by atoms with Gasteiger partial charge >= 0.3 is 0 Å². The van der Waals surface area contributed by atoms with Crippen LogP contribution in [0.1, 0.15) is 35.3 Å². The van der Waals surface area contributed by atoms with Crippen LogP contribution in [0.5, 0.6) is 0 Å². The van der Waals surface area contributed by atoms with Gasteiger partial charge in [0.1, 0.15) is 5.60 Å². The average Bonchev–Trinajstić information content (AvgIpc) is 2.84. The first-order valence-corrected chi connectivity index (χ1v) is 7.03. The molecule has 1 heterocycles. The van der Waals surface area contributed by atoms with Gasteiger partial charge in [-0.05, 0) is 48.3 Å². The first kappa shape index (κ1) is 11.0. The molecule has 0 spiro atoms. The van der Waals surface area contributed by atoms with Crippen LogP contribution in [0.25, 0.3) is 0 Å². The Hall–Kier alpha value is -1.12. The molecule has 1 aliphatic rings. The van der Waals surface area contributed by atoms with E-state index in [2.05, 4.69) is 18.2 Å². The Morgan fingerprint density at radius 3 is 2.76 bits per heavy atom. The van der Waals surface area contributed by atoms with Gasteiger partial charge in [0.2, 0.25) is 0 Å². The largest absolute Gasteiger partial charge is 0.380 e. The number of hydrogen-bond donors (Lipinski definition) is 1. The van der Waals surface area contributed by atoms with Gasteiger partial charge < -0.3 is 5.11 Å². The van der Waals surface area contributed by atoms with Crippen LogP contribution in [0.2, 0.25) is 0 Å². The van der Waals surface area contributed by atoms with E-state index < -0.39 is 5.60 Å². The van der Waals surface area contributed by atoms with E-state index in [1.54, 1.807) is 11.3 Å².